The van der Waals surface area contributed by atoms with Crippen molar-refractivity contribution in [2.75, 3.05) is 0 Å². The maximum absolute atomic E-state index is 4.87. The third-order valence-corrected chi connectivity index (χ3v) is 13.3. The third kappa shape index (κ3) is 12.1. The van der Waals surface area contributed by atoms with Crippen molar-refractivity contribution < 1.29 is 0 Å². The van der Waals surface area contributed by atoms with Gasteiger partial charge < -0.3 is 0 Å². The van der Waals surface area contributed by atoms with Crippen LogP contribution in [0.25, 0.3) is 31.9 Å². The van der Waals surface area contributed by atoms with Crippen molar-refractivity contribution in [3.05, 3.63) is 55.4 Å². The molecule has 46 heavy (non-hydrogen) atoms. The van der Waals surface area contributed by atoms with Gasteiger partial charge in [0.1, 0.15) is 0 Å². The van der Waals surface area contributed by atoms with Crippen molar-refractivity contribution in [3.63, 3.8) is 0 Å². The van der Waals surface area contributed by atoms with Gasteiger partial charge in [-0.25, -0.2) is 0 Å². The summed E-state index contributed by atoms with van der Waals surface area (Å²) in [6, 6.07) is 9.31. The molecule has 0 radical (unpaired) electrons. The molecular formula is C40H56Br2N2S2. The normalized spacial score (nSPS) is 11.7. The highest BCUT2D eigenvalue weighted by molar-refractivity contribution is 9.11. The van der Waals surface area contributed by atoms with Crippen LogP contribution < -0.4 is 0 Å². The number of halogens is 2. The number of fused-ring (bicyclic) bond motifs is 1. The zero-order valence-corrected chi connectivity index (χ0v) is 33.3. The van der Waals surface area contributed by atoms with Crippen molar-refractivity contribution in [1.82, 2.24) is 9.97 Å². The van der Waals surface area contributed by atoms with Crippen molar-refractivity contribution >= 4 is 65.6 Å². The highest BCUT2D eigenvalue weighted by Gasteiger charge is 2.17. The average Bonchev–Trinajstić information content (AvgIpc) is 3.63. The van der Waals surface area contributed by atoms with E-state index in [1.165, 1.54) is 168 Å². The Labute approximate surface area is 304 Å². The molecule has 0 atom stereocenters. The molecule has 0 aliphatic rings. The third-order valence-electron chi connectivity index (χ3n) is 9.27. The fourth-order valence-corrected chi connectivity index (χ4v) is 10.1. The van der Waals surface area contributed by atoms with Gasteiger partial charge in [-0.15, -0.1) is 22.7 Å². The van der Waals surface area contributed by atoms with E-state index >= 15 is 0 Å². The Kier molecular flexibility index (Phi) is 17.9. The smallest absolute Gasteiger partial charge is 0.0979 e. The van der Waals surface area contributed by atoms with Gasteiger partial charge in [-0.2, -0.15) is 0 Å². The zero-order chi connectivity index (χ0) is 32.4. The van der Waals surface area contributed by atoms with E-state index in [1.807, 2.05) is 35.1 Å². The summed E-state index contributed by atoms with van der Waals surface area (Å²) in [7, 11) is 0. The van der Waals surface area contributed by atoms with Crippen LogP contribution in [0.15, 0.2) is 44.2 Å². The van der Waals surface area contributed by atoms with Gasteiger partial charge in [0, 0.05) is 33.3 Å². The fourth-order valence-electron chi connectivity index (χ4n) is 6.48. The zero-order valence-electron chi connectivity index (χ0n) is 28.5. The number of aromatic nitrogens is 2. The first-order valence-corrected chi connectivity index (χ1v) is 21.6. The van der Waals surface area contributed by atoms with E-state index in [0.717, 1.165) is 23.9 Å². The van der Waals surface area contributed by atoms with Crippen LogP contribution in [0.4, 0.5) is 0 Å². The Hall–Kier alpha value is -1.08. The second kappa shape index (κ2) is 21.8. The summed E-state index contributed by atoms with van der Waals surface area (Å²) in [5, 5.41) is 0. The van der Waals surface area contributed by atoms with Gasteiger partial charge in [0.25, 0.3) is 0 Å². The molecule has 0 bridgehead atoms. The average molecular weight is 789 g/mol. The highest BCUT2D eigenvalue weighted by atomic mass is 79.9. The number of thiophene rings is 2. The van der Waals surface area contributed by atoms with Crippen LogP contribution in [0.5, 0.6) is 0 Å². The summed E-state index contributed by atoms with van der Waals surface area (Å²) in [6.07, 6.45) is 33.4. The topological polar surface area (TPSA) is 25.8 Å². The van der Waals surface area contributed by atoms with Gasteiger partial charge in [-0.1, -0.05) is 142 Å². The number of aryl methyl sites for hydroxylation is 2. The Morgan fingerprint density at radius 1 is 0.478 bits per heavy atom. The van der Waals surface area contributed by atoms with Crippen molar-refractivity contribution in [2.45, 2.75) is 155 Å². The lowest BCUT2D eigenvalue weighted by Crippen LogP contribution is -1.89. The maximum atomic E-state index is 4.87. The molecule has 0 saturated carbocycles. The van der Waals surface area contributed by atoms with Crippen LogP contribution in [0.3, 0.4) is 0 Å². The Balaban J connectivity index is 1.30. The first-order chi connectivity index (χ1) is 22.6. The molecule has 4 aromatic rings. The summed E-state index contributed by atoms with van der Waals surface area (Å²) in [5.74, 6) is 0. The lowest BCUT2D eigenvalue weighted by molar-refractivity contribution is 0.556. The van der Waals surface area contributed by atoms with Gasteiger partial charge >= 0.3 is 0 Å². The van der Waals surface area contributed by atoms with Crippen LogP contribution in [0.2, 0.25) is 0 Å². The van der Waals surface area contributed by atoms with Crippen LogP contribution in [0.1, 0.15) is 153 Å². The number of benzene rings is 1. The molecular weight excluding hydrogens is 732 g/mol. The summed E-state index contributed by atoms with van der Waals surface area (Å²) in [4.78, 5) is 12.3. The molecule has 3 aromatic heterocycles. The molecule has 0 saturated heterocycles. The minimum Gasteiger partial charge on any atom is -0.252 e. The predicted molar refractivity (Wildman–Crippen MR) is 213 cm³/mol. The maximum Gasteiger partial charge on any atom is 0.0979 e. The molecule has 0 spiro atoms. The minimum atomic E-state index is 1.00. The number of rotatable bonds is 24. The van der Waals surface area contributed by atoms with Gasteiger partial charge in [0.15, 0.2) is 0 Å². The van der Waals surface area contributed by atoms with Gasteiger partial charge in [0.05, 0.1) is 18.6 Å². The molecule has 0 N–H and O–H groups in total. The number of hydrogen-bond acceptors (Lipinski definition) is 4. The van der Waals surface area contributed by atoms with Crippen molar-refractivity contribution in [1.29, 1.82) is 0 Å². The lowest BCUT2D eigenvalue weighted by Gasteiger charge is -2.07. The summed E-state index contributed by atoms with van der Waals surface area (Å²) < 4.78 is 2.52. The van der Waals surface area contributed by atoms with E-state index in [0.29, 0.717) is 0 Å². The molecule has 2 nitrogen and oxygen atoms in total. The van der Waals surface area contributed by atoms with Crippen LogP contribution >= 0.6 is 54.5 Å². The number of nitrogens with zero attached hydrogens (tertiary/aromatic N) is 2. The minimum absolute atomic E-state index is 1.00. The second-order valence-electron chi connectivity index (χ2n) is 13.1. The molecule has 0 amide bonds. The molecule has 1 aromatic carbocycles. The molecule has 0 fully saturated rings. The van der Waals surface area contributed by atoms with E-state index in [9.17, 15) is 0 Å². The van der Waals surface area contributed by atoms with Crippen molar-refractivity contribution in [2.24, 2.45) is 0 Å². The highest BCUT2D eigenvalue weighted by Crippen LogP contribution is 2.43. The van der Waals surface area contributed by atoms with E-state index in [1.54, 1.807) is 0 Å². The monoisotopic (exact) mass is 786 g/mol. The molecule has 252 valence electrons. The number of unbranched alkanes of at least 4 members (excludes halogenated alkanes) is 18. The van der Waals surface area contributed by atoms with Crippen LogP contribution in [-0.4, -0.2) is 9.97 Å². The molecule has 4 rings (SSSR count). The molecule has 0 aliphatic heterocycles. The first-order valence-electron chi connectivity index (χ1n) is 18.4. The van der Waals surface area contributed by atoms with E-state index in [2.05, 4.69) is 70.0 Å². The Bertz CT molecular complexity index is 1320. The quantitative estimate of drug-likeness (QED) is 0.0661. The molecule has 6 heteroatoms. The SMILES string of the molecule is CCCCCCCCCCCCc1cc(-c2ccc(-c3cc(CCCCCCCCCCCC)c(Br)s3)c3nccnc23)sc1Br. The van der Waals surface area contributed by atoms with E-state index < -0.39 is 0 Å². The Morgan fingerprint density at radius 2 is 0.804 bits per heavy atom. The molecule has 3 heterocycles. The van der Waals surface area contributed by atoms with Crippen LogP contribution in [0, 0.1) is 0 Å². The van der Waals surface area contributed by atoms with E-state index in [4.69, 9.17) is 9.97 Å². The predicted octanol–water partition coefficient (Wildman–Crippen LogP) is 15.5. The van der Waals surface area contributed by atoms with Crippen LogP contribution in [-0.2, 0) is 12.8 Å². The summed E-state index contributed by atoms with van der Waals surface area (Å²) in [6.45, 7) is 4.58. The second-order valence-corrected chi connectivity index (χ2v) is 17.8. The largest absolute Gasteiger partial charge is 0.252 e. The van der Waals surface area contributed by atoms with E-state index in [-0.39, 0.29) is 0 Å². The number of hydrogen-bond donors (Lipinski definition) is 0. The fraction of sp³-hybridized carbons (Fsp3) is 0.600. The lowest BCUT2D eigenvalue weighted by atomic mass is 10.0. The molecule has 0 aliphatic carbocycles. The summed E-state index contributed by atoms with van der Waals surface area (Å²) in [5.41, 5.74) is 7.24. The van der Waals surface area contributed by atoms with Crippen molar-refractivity contribution in [3.8, 4) is 20.9 Å². The summed E-state index contributed by atoms with van der Waals surface area (Å²) >= 11 is 11.5. The van der Waals surface area contributed by atoms with Gasteiger partial charge in [0.2, 0.25) is 0 Å². The first kappa shape index (κ1) is 37.7. The van der Waals surface area contributed by atoms with Gasteiger partial charge in [-0.05, 0) is 80.8 Å². The standard InChI is InChI=1S/C40H56Br2N2S2/c1-3-5-7-9-11-13-15-17-19-21-23-31-29-35(45-39(31)41)33-25-26-34(38-37(33)43-27-28-44-38)36-30-32(40(42)46-36)24-22-20-18-16-14-12-10-8-6-4-2/h25-30H,3-24H2,1-2H3. The van der Waals surface area contributed by atoms with Gasteiger partial charge in [-0.3, -0.25) is 9.97 Å². The molecule has 0 unspecified atom stereocenters. The Morgan fingerprint density at radius 3 is 1.15 bits per heavy atom.